The summed E-state index contributed by atoms with van der Waals surface area (Å²) in [4.78, 5) is 11.8. The van der Waals surface area contributed by atoms with Crippen molar-refractivity contribution in [2.75, 3.05) is 6.61 Å². The van der Waals surface area contributed by atoms with Crippen molar-refractivity contribution in [3.8, 4) is 11.3 Å². The molecule has 0 saturated carbocycles. The summed E-state index contributed by atoms with van der Waals surface area (Å²) in [5.74, 6) is -0.413. The molecule has 0 aliphatic carbocycles. The number of aliphatic hydroxyl groups excluding tert-OH is 1. The zero-order chi connectivity index (χ0) is 16.1. The highest BCUT2D eigenvalue weighted by molar-refractivity contribution is 5.58. The minimum absolute atomic E-state index is 0.00611. The molecule has 1 N–H and O–H groups in total. The normalized spacial score (nSPS) is 12.6. The Kier molecular flexibility index (Phi) is 5.41. The summed E-state index contributed by atoms with van der Waals surface area (Å²) in [6.07, 6.45) is -0.868. The van der Waals surface area contributed by atoms with E-state index in [1.165, 1.54) is 18.2 Å². The maximum absolute atomic E-state index is 13.8. The van der Waals surface area contributed by atoms with Gasteiger partial charge in [-0.15, -0.1) is 0 Å². The van der Waals surface area contributed by atoms with Gasteiger partial charge in [-0.3, -0.25) is 4.79 Å². The summed E-state index contributed by atoms with van der Waals surface area (Å²) < 4.78 is 20.2. The van der Waals surface area contributed by atoms with Gasteiger partial charge in [-0.1, -0.05) is 12.1 Å². The van der Waals surface area contributed by atoms with E-state index >= 15 is 0 Å². The van der Waals surface area contributed by atoms with Crippen molar-refractivity contribution >= 4 is 0 Å². The minimum atomic E-state index is -0.858. The summed E-state index contributed by atoms with van der Waals surface area (Å²) in [5.41, 5.74) is 0.294. The Bertz CT molecular complexity index is 685. The zero-order valence-electron chi connectivity index (χ0n) is 12.6. The van der Waals surface area contributed by atoms with Gasteiger partial charge in [-0.2, -0.15) is 5.10 Å². The Hall–Kier alpha value is -2.05. The number of aromatic nitrogens is 2. The highest BCUT2D eigenvalue weighted by Gasteiger charge is 2.11. The number of nitrogens with zero attached hydrogens (tertiary/aromatic N) is 2. The van der Waals surface area contributed by atoms with Crippen molar-refractivity contribution in [2.24, 2.45) is 0 Å². The molecule has 0 saturated heterocycles. The van der Waals surface area contributed by atoms with E-state index in [1.807, 2.05) is 13.8 Å². The molecule has 6 heteroatoms. The van der Waals surface area contributed by atoms with Gasteiger partial charge in [0.05, 0.1) is 31.1 Å². The zero-order valence-corrected chi connectivity index (χ0v) is 12.6. The fourth-order valence-corrected chi connectivity index (χ4v) is 1.95. The van der Waals surface area contributed by atoms with Crippen molar-refractivity contribution in [1.82, 2.24) is 9.78 Å². The second-order valence-electron chi connectivity index (χ2n) is 5.25. The second-order valence-corrected chi connectivity index (χ2v) is 5.25. The first-order chi connectivity index (χ1) is 10.5. The van der Waals surface area contributed by atoms with Gasteiger partial charge in [0.1, 0.15) is 5.82 Å². The molecule has 0 aliphatic heterocycles. The Morgan fingerprint density at radius 3 is 2.68 bits per heavy atom. The third-order valence-electron chi connectivity index (χ3n) is 3.02. The third kappa shape index (κ3) is 4.22. The van der Waals surface area contributed by atoms with Crippen LogP contribution in [0.5, 0.6) is 0 Å². The number of halogens is 1. The summed E-state index contributed by atoms with van der Waals surface area (Å²) in [5, 5.41) is 14.0. The molecule has 2 rings (SSSR count). The second kappa shape index (κ2) is 7.29. The quantitative estimate of drug-likeness (QED) is 0.884. The van der Waals surface area contributed by atoms with Crippen LogP contribution < -0.4 is 5.56 Å². The van der Waals surface area contributed by atoms with Crippen molar-refractivity contribution < 1.29 is 14.2 Å². The Labute approximate surface area is 128 Å². The summed E-state index contributed by atoms with van der Waals surface area (Å²) in [6.45, 7) is 3.81. The van der Waals surface area contributed by atoms with Crippen LogP contribution in [-0.4, -0.2) is 33.7 Å². The number of benzene rings is 1. The van der Waals surface area contributed by atoms with Crippen LogP contribution >= 0.6 is 0 Å². The number of aliphatic hydroxyl groups is 1. The molecule has 1 unspecified atom stereocenters. The number of hydrogen-bond donors (Lipinski definition) is 1. The van der Waals surface area contributed by atoms with E-state index in [4.69, 9.17) is 4.74 Å². The molecule has 22 heavy (non-hydrogen) atoms. The summed E-state index contributed by atoms with van der Waals surface area (Å²) >= 11 is 0. The van der Waals surface area contributed by atoms with Crippen LogP contribution in [0.25, 0.3) is 11.3 Å². The van der Waals surface area contributed by atoms with E-state index in [-0.39, 0.29) is 24.8 Å². The van der Waals surface area contributed by atoms with E-state index in [9.17, 15) is 14.3 Å². The molecule has 1 atom stereocenters. The Morgan fingerprint density at radius 1 is 1.27 bits per heavy atom. The standard InChI is InChI=1S/C16H19FN2O3/c1-11(2)22-10-12(20)9-19-16(21)8-7-15(18-19)13-5-3-4-6-14(13)17/h3-8,11-12,20H,9-10H2,1-2H3. The van der Waals surface area contributed by atoms with E-state index < -0.39 is 11.9 Å². The minimum Gasteiger partial charge on any atom is -0.389 e. The van der Waals surface area contributed by atoms with Crippen molar-refractivity contribution in [3.05, 3.63) is 52.6 Å². The van der Waals surface area contributed by atoms with Crippen LogP contribution in [0.1, 0.15) is 13.8 Å². The Balaban J connectivity index is 2.21. The number of hydrogen-bond acceptors (Lipinski definition) is 4. The molecule has 0 radical (unpaired) electrons. The van der Waals surface area contributed by atoms with Gasteiger partial charge in [0.2, 0.25) is 0 Å². The van der Waals surface area contributed by atoms with Gasteiger partial charge in [0, 0.05) is 11.6 Å². The largest absolute Gasteiger partial charge is 0.389 e. The first-order valence-electron chi connectivity index (χ1n) is 7.10. The SMILES string of the molecule is CC(C)OCC(O)Cn1nc(-c2ccccc2F)ccc1=O. The average Bonchev–Trinajstić information content (AvgIpc) is 2.48. The molecule has 0 bridgehead atoms. The molecule has 2 aromatic rings. The monoisotopic (exact) mass is 306 g/mol. The summed E-state index contributed by atoms with van der Waals surface area (Å²) in [6, 6.07) is 8.98. The van der Waals surface area contributed by atoms with Crippen molar-refractivity contribution in [3.63, 3.8) is 0 Å². The van der Waals surface area contributed by atoms with Gasteiger partial charge >= 0.3 is 0 Å². The third-order valence-corrected chi connectivity index (χ3v) is 3.02. The molecule has 0 spiro atoms. The molecular formula is C16H19FN2O3. The predicted octanol–water partition coefficient (Wildman–Crippen LogP) is 1.84. The van der Waals surface area contributed by atoms with Crippen LogP contribution in [0.15, 0.2) is 41.2 Å². The predicted molar refractivity (Wildman–Crippen MR) is 81.0 cm³/mol. The van der Waals surface area contributed by atoms with E-state index in [0.717, 1.165) is 4.68 Å². The smallest absolute Gasteiger partial charge is 0.266 e. The van der Waals surface area contributed by atoms with Gasteiger partial charge < -0.3 is 9.84 Å². The molecule has 1 aromatic heterocycles. The van der Waals surface area contributed by atoms with Crippen LogP contribution in [0.2, 0.25) is 0 Å². The highest BCUT2D eigenvalue weighted by Crippen LogP contribution is 2.18. The lowest BCUT2D eigenvalue weighted by molar-refractivity contribution is -0.00253. The lowest BCUT2D eigenvalue weighted by Crippen LogP contribution is -2.31. The lowest BCUT2D eigenvalue weighted by Gasteiger charge is -2.14. The average molecular weight is 306 g/mol. The number of ether oxygens (including phenoxy) is 1. The molecule has 1 aromatic carbocycles. The highest BCUT2D eigenvalue weighted by atomic mass is 19.1. The molecule has 0 amide bonds. The maximum atomic E-state index is 13.8. The molecular weight excluding hydrogens is 287 g/mol. The molecule has 5 nitrogen and oxygen atoms in total. The van der Waals surface area contributed by atoms with Gasteiger partial charge in [-0.25, -0.2) is 9.07 Å². The van der Waals surface area contributed by atoms with Gasteiger partial charge in [0.25, 0.3) is 5.56 Å². The van der Waals surface area contributed by atoms with Crippen LogP contribution in [-0.2, 0) is 11.3 Å². The lowest BCUT2D eigenvalue weighted by atomic mass is 10.1. The Morgan fingerprint density at radius 2 is 2.00 bits per heavy atom. The van der Waals surface area contributed by atoms with Gasteiger partial charge in [-0.05, 0) is 32.0 Å². The van der Waals surface area contributed by atoms with E-state index in [0.29, 0.717) is 11.3 Å². The van der Waals surface area contributed by atoms with Crippen LogP contribution in [0, 0.1) is 5.82 Å². The van der Waals surface area contributed by atoms with Crippen LogP contribution in [0.4, 0.5) is 4.39 Å². The van der Waals surface area contributed by atoms with Crippen molar-refractivity contribution in [1.29, 1.82) is 0 Å². The summed E-state index contributed by atoms with van der Waals surface area (Å²) in [7, 11) is 0. The van der Waals surface area contributed by atoms with Gasteiger partial charge in [0.15, 0.2) is 0 Å². The fourth-order valence-electron chi connectivity index (χ4n) is 1.95. The molecule has 0 fully saturated rings. The topological polar surface area (TPSA) is 64.3 Å². The molecule has 0 aliphatic rings. The van der Waals surface area contributed by atoms with E-state index in [1.54, 1.807) is 18.2 Å². The first kappa shape index (κ1) is 16.3. The molecule has 118 valence electrons. The first-order valence-corrected chi connectivity index (χ1v) is 7.10. The maximum Gasteiger partial charge on any atom is 0.266 e. The van der Waals surface area contributed by atoms with Crippen LogP contribution in [0.3, 0.4) is 0 Å². The van der Waals surface area contributed by atoms with E-state index in [2.05, 4.69) is 5.10 Å². The fraction of sp³-hybridized carbons (Fsp3) is 0.375. The number of rotatable bonds is 6. The van der Waals surface area contributed by atoms with Crippen molar-refractivity contribution in [2.45, 2.75) is 32.6 Å². The molecule has 1 heterocycles.